The van der Waals surface area contributed by atoms with Crippen molar-refractivity contribution in [2.75, 3.05) is 0 Å². The lowest BCUT2D eigenvalue weighted by Crippen LogP contribution is -2.18. The lowest BCUT2D eigenvalue weighted by Gasteiger charge is -2.00. The smallest absolute Gasteiger partial charge is 0.291 e. The average Bonchev–Trinajstić information content (AvgIpc) is 3.07. The Morgan fingerprint density at radius 3 is 2.92 bits per heavy atom. The first-order valence-electron chi connectivity index (χ1n) is 7.09. The Labute approximate surface area is 143 Å². The van der Waals surface area contributed by atoms with Gasteiger partial charge in [-0.05, 0) is 30.7 Å². The third-order valence-electron chi connectivity index (χ3n) is 3.24. The molecule has 0 aliphatic heterocycles. The molecule has 0 bridgehead atoms. The zero-order valence-corrected chi connectivity index (χ0v) is 13.5. The number of hydrazone groups is 1. The minimum absolute atomic E-state index is 0.184. The van der Waals surface area contributed by atoms with Crippen LogP contribution in [-0.2, 0) is 0 Å². The zero-order chi connectivity index (χ0) is 16.9. The van der Waals surface area contributed by atoms with E-state index in [4.69, 9.17) is 16.0 Å². The minimum atomic E-state index is -0.448. The molecule has 1 aromatic carbocycles. The van der Waals surface area contributed by atoms with E-state index in [-0.39, 0.29) is 5.69 Å². The van der Waals surface area contributed by atoms with Crippen molar-refractivity contribution in [1.29, 1.82) is 0 Å². The van der Waals surface area contributed by atoms with Crippen molar-refractivity contribution in [2.45, 2.75) is 6.92 Å². The van der Waals surface area contributed by atoms with Crippen LogP contribution in [-0.4, -0.2) is 22.1 Å². The van der Waals surface area contributed by atoms with Gasteiger partial charge in [-0.1, -0.05) is 23.7 Å². The second-order valence-corrected chi connectivity index (χ2v) is 5.36. The SMILES string of the molecule is Cc1ccc(-c2ccc(/C=N/NC(=O)c3cnccn3)o2)cc1Cl. The highest BCUT2D eigenvalue weighted by molar-refractivity contribution is 6.31. The molecule has 24 heavy (non-hydrogen) atoms. The molecule has 0 unspecified atom stereocenters. The summed E-state index contributed by atoms with van der Waals surface area (Å²) in [5.41, 5.74) is 4.41. The van der Waals surface area contributed by atoms with E-state index in [0.29, 0.717) is 16.5 Å². The fourth-order valence-corrected chi connectivity index (χ4v) is 2.13. The molecule has 0 radical (unpaired) electrons. The highest BCUT2D eigenvalue weighted by Gasteiger charge is 2.07. The molecule has 2 aromatic heterocycles. The molecule has 7 heteroatoms. The number of amides is 1. The summed E-state index contributed by atoms with van der Waals surface area (Å²) in [5, 5.41) is 4.52. The van der Waals surface area contributed by atoms with Gasteiger partial charge >= 0.3 is 0 Å². The maximum Gasteiger partial charge on any atom is 0.291 e. The van der Waals surface area contributed by atoms with Gasteiger partial charge in [0.05, 0.1) is 12.4 Å². The number of nitrogens with zero attached hydrogens (tertiary/aromatic N) is 3. The van der Waals surface area contributed by atoms with Crippen molar-refractivity contribution in [2.24, 2.45) is 5.10 Å². The molecule has 2 heterocycles. The van der Waals surface area contributed by atoms with E-state index in [9.17, 15) is 4.79 Å². The van der Waals surface area contributed by atoms with E-state index in [0.717, 1.165) is 11.1 Å². The largest absolute Gasteiger partial charge is 0.455 e. The van der Waals surface area contributed by atoms with Crippen LogP contribution in [0, 0.1) is 6.92 Å². The fourth-order valence-electron chi connectivity index (χ4n) is 1.95. The van der Waals surface area contributed by atoms with Gasteiger partial charge in [-0.2, -0.15) is 5.10 Å². The van der Waals surface area contributed by atoms with E-state index >= 15 is 0 Å². The third-order valence-corrected chi connectivity index (χ3v) is 3.64. The zero-order valence-electron chi connectivity index (χ0n) is 12.7. The highest BCUT2D eigenvalue weighted by Crippen LogP contribution is 2.26. The summed E-state index contributed by atoms with van der Waals surface area (Å²) in [6.45, 7) is 1.94. The predicted octanol–water partition coefficient (Wildman–Crippen LogP) is 3.46. The first-order valence-corrected chi connectivity index (χ1v) is 7.47. The van der Waals surface area contributed by atoms with Crippen molar-refractivity contribution >= 4 is 23.7 Å². The van der Waals surface area contributed by atoms with Crippen molar-refractivity contribution in [1.82, 2.24) is 15.4 Å². The van der Waals surface area contributed by atoms with Crippen LogP contribution in [0.15, 0.2) is 58.4 Å². The molecule has 3 rings (SSSR count). The molecular formula is C17H13ClN4O2. The van der Waals surface area contributed by atoms with E-state index in [2.05, 4.69) is 20.5 Å². The summed E-state index contributed by atoms with van der Waals surface area (Å²) >= 11 is 6.12. The molecule has 0 fully saturated rings. The Bertz CT molecular complexity index is 891. The fraction of sp³-hybridized carbons (Fsp3) is 0.0588. The maximum absolute atomic E-state index is 11.8. The van der Waals surface area contributed by atoms with Crippen LogP contribution in [0.3, 0.4) is 0 Å². The number of furan rings is 1. The molecule has 6 nitrogen and oxygen atoms in total. The van der Waals surface area contributed by atoms with Crippen LogP contribution in [0.4, 0.5) is 0 Å². The molecule has 120 valence electrons. The Hall–Kier alpha value is -2.99. The number of hydrogen-bond donors (Lipinski definition) is 1. The van der Waals surface area contributed by atoms with Gasteiger partial charge in [0, 0.05) is 23.0 Å². The first kappa shape index (κ1) is 15.9. The van der Waals surface area contributed by atoms with Crippen LogP contribution in [0.2, 0.25) is 5.02 Å². The Morgan fingerprint density at radius 2 is 2.17 bits per heavy atom. The molecule has 1 amide bonds. The second kappa shape index (κ2) is 7.06. The monoisotopic (exact) mass is 340 g/mol. The summed E-state index contributed by atoms with van der Waals surface area (Å²) in [4.78, 5) is 19.5. The molecule has 0 aliphatic rings. The number of aryl methyl sites for hydroxylation is 1. The topological polar surface area (TPSA) is 80.4 Å². The molecular weight excluding hydrogens is 328 g/mol. The number of carbonyl (C=O) groups is 1. The summed E-state index contributed by atoms with van der Waals surface area (Å²) < 4.78 is 5.66. The molecule has 3 aromatic rings. The first-order chi connectivity index (χ1) is 11.6. The average molecular weight is 341 g/mol. The van der Waals surface area contributed by atoms with Crippen molar-refractivity contribution in [3.05, 3.63) is 71.0 Å². The number of benzene rings is 1. The van der Waals surface area contributed by atoms with Gasteiger partial charge in [0.2, 0.25) is 0 Å². The third kappa shape index (κ3) is 3.67. The number of rotatable bonds is 4. The highest BCUT2D eigenvalue weighted by atomic mass is 35.5. The van der Waals surface area contributed by atoms with Crippen molar-refractivity contribution in [3.8, 4) is 11.3 Å². The normalized spacial score (nSPS) is 10.9. The van der Waals surface area contributed by atoms with Gasteiger partial charge in [0.15, 0.2) is 0 Å². The molecule has 0 atom stereocenters. The van der Waals surface area contributed by atoms with E-state index in [1.807, 2.05) is 31.2 Å². The lowest BCUT2D eigenvalue weighted by molar-refractivity contribution is 0.0949. The van der Waals surface area contributed by atoms with Gasteiger partial charge in [0.1, 0.15) is 17.2 Å². The maximum atomic E-state index is 11.8. The van der Waals surface area contributed by atoms with Gasteiger partial charge in [0.25, 0.3) is 5.91 Å². The van der Waals surface area contributed by atoms with Gasteiger partial charge in [-0.3, -0.25) is 9.78 Å². The van der Waals surface area contributed by atoms with Crippen LogP contribution in [0.5, 0.6) is 0 Å². The predicted molar refractivity (Wildman–Crippen MR) is 91.0 cm³/mol. The van der Waals surface area contributed by atoms with E-state index in [1.165, 1.54) is 24.8 Å². The summed E-state index contributed by atoms with van der Waals surface area (Å²) in [6, 6.07) is 9.26. The van der Waals surface area contributed by atoms with Gasteiger partial charge in [-0.25, -0.2) is 10.4 Å². The minimum Gasteiger partial charge on any atom is -0.455 e. The van der Waals surface area contributed by atoms with Crippen LogP contribution in [0.25, 0.3) is 11.3 Å². The number of hydrogen-bond acceptors (Lipinski definition) is 5. The van der Waals surface area contributed by atoms with Crippen LogP contribution >= 0.6 is 11.6 Å². The Morgan fingerprint density at radius 1 is 1.29 bits per heavy atom. The molecule has 0 saturated heterocycles. The molecule has 0 saturated carbocycles. The quantitative estimate of drug-likeness (QED) is 0.582. The van der Waals surface area contributed by atoms with Crippen molar-refractivity contribution < 1.29 is 9.21 Å². The molecule has 0 aliphatic carbocycles. The lowest BCUT2D eigenvalue weighted by atomic mass is 10.1. The second-order valence-electron chi connectivity index (χ2n) is 4.96. The summed E-state index contributed by atoms with van der Waals surface area (Å²) in [6.07, 6.45) is 5.69. The van der Waals surface area contributed by atoms with Crippen LogP contribution in [0.1, 0.15) is 21.8 Å². The molecule has 0 spiro atoms. The number of aromatic nitrogens is 2. The number of nitrogens with one attached hydrogen (secondary N) is 1. The number of carbonyl (C=O) groups excluding carboxylic acids is 1. The van der Waals surface area contributed by atoms with Crippen LogP contribution < -0.4 is 5.43 Å². The van der Waals surface area contributed by atoms with E-state index < -0.39 is 5.91 Å². The summed E-state index contributed by atoms with van der Waals surface area (Å²) in [5.74, 6) is 0.719. The van der Waals surface area contributed by atoms with Gasteiger partial charge < -0.3 is 4.42 Å². The van der Waals surface area contributed by atoms with Crippen molar-refractivity contribution in [3.63, 3.8) is 0 Å². The van der Waals surface area contributed by atoms with E-state index in [1.54, 1.807) is 6.07 Å². The Kier molecular flexibility index (Phi) is 4.67. The standard InChI is InChI=1S/C17H13ClN4O2/c1-11-2-3-12(8-14(11)18)16-5-4-13(24-16)9-21-22-17(23)15-10-19-6-7-20-15/h2-10H,1H3,(H,22,23)/b21-9+. The number of halogens is 1. The van der Waals surface area contributed by atoms with Gasteiger partial charge in [-0.15, -0.1) is 0 Å². The molecule has 1 N–H and O–H groups in total. The Balaban J connectivity index is 1.67. The summed E-state index contributed by atoms with van der Waals surface area (Å²) in [7, 11) is 0.